The predicted molar refractivity (Wildman–Crippen MR) is 43.3 cm³/mol. The van der Waals surface area contributed by atoms with Gasteiger partial charge in [-0.05, 0) is 24.6 Å². The lowest BCUT2D eigenvalue weighted by molar-refractivity contribution is 0.666. The molecule has 0 aromatic rings. The zero-order valence-electron chi connectivity index (χ0n) is 6.10. The summed E-state index contributed by atoms with van der Waals surface area (Å²) in [5, 5.41) is 0. The van der Waals surface area contributed by atoms with Gasteiger partial charge in [0.25, 0.3) is 0 Å². The lowest BCUT2D eigenvalue weighted by Gasteiger charge is -1.87. The first kappa shape index (κ1) is 8.89. The first-order valence-electron chi connectivity index (χ1n) is 2.99. The molecule has 0 saturated heterocycles. The van der Waals surface area contributed by atoms with Crippen molar-refractivity contribution in [1.82, 2.24) is 0 Å². The molecule has 0 aliphatic heterocycles. The van der Waals surface area contributed by atoms with Crippen molar-refractivity contribution in [3.05, 3.63) is 48.9 Å². The summed E-state index contributed by atoms with van der Waals surface area (Å²) in [4.78, 5) is 0. The Bertz CT molecular complexity index is 185. The van der Waals surface area contributed by atoms with Gasteiger partial charge in [0.15, 0.2) is 0 Å². The molecule has 0 N–H and O–H groups in total. The lowest BCUT2D eigenvalue weighted by atomic mass is 10.2. The fourth-order valence-electron chi connectivity index (χ4n) is 0.437. The SMILES string of the molecule is C=C/C=C(F)\C=C(\C)C=C. The number of allylic oxidation sites excluding steroid dienone is 6. The van der Waals surface area contributed by atoms with Crippen LogP contribution in [-0.4, -0.2) is 0 Å². The van der Waals surface area contributed by atoms with Gasteiger partial charge in [-0.3, -0.25) is 0 Å². The second kappa shape index (κ2) is 4.74. The van der Waals surface area contributed by atoms with Gasteiger partial charge in [0.2, 0.25) is 0 Å². The molecule has 0 heterocycles. The molecule has 0 bridgehead atoms. The molecule has 0 amide bonds. The van der Waals surface area contributed by atoms with Crippen LogP contribution in [0.25, 0.3) is 0 Å². The average Bonchev–Trinajstić information content (AvgIpc) is 1.88. The third-order valence-electron chi connectivity index (χ3n) is 0.965. The molecule has 54 valence electrons. The third kappa shape index (κ3) is 3.84. The summed E-state index contributed by atoms with van der Waals surface area (Å²) in [7, 11) is 0. The van der Waals surface area contributed by atoms with Crippen molar-refractivity contribution in [2.75, 3.05) is 0 Å². The van der Waals surface area contributed by atoms with E-state index in [1.165, 1.54) is 18.2 Å². The minimum atomic E-state index is -0.299. The quantitative estimate of drug-likeness (QED) is 0.525. The number of hydrogen-bond donors (Lipinski definition) is 0. The van der Waals surface area contributed by atoms with Crippen LogP contribution >= 0.6 is 0 Å². The zero-order chi connectivity index (χ0) is 7.98. The molecule has 0 radical (unpaired) electrons. The maximum atomic E-state index is 12.5. The largest absolute Gasteiger partial charge is 0.207 e. The Labute approximate surface area is 61.1 Å². The van der Waals surface area contributed by atoms with Crippen LogP contribution in [0, 0.1) is 0 Å². The van der Waals surface area contributed by atoms with E-state index < -0.39 is 0 Å². The molecule has 0 aliphatic rings. The molecule has 1 heteroatoms. The van der Waals surface area contributed by atoms with Crippen molar-refractivity contribution in [2.45, 2.75) is 6.92 Å². The van der Waals surface area contributed by atoms with Gasteiger partial charge in [-0.1, -0.05) is 25.3 Å². The molecule has 0 rings (SSSR count). The molecule has 0 nitrogen and oxygen atoms in total. The second-order valence-electron chi connectivity index (χ2n) is 1.88. The first-order chi connectivity index (χ1) is 4.70. The summed E-state index contributed by atoms with van der Waals surface area (Å²) in [5.74, 6) is -0.299. The minimum Gasteiger partial charge on any atom is -0.207 e. The van der Waals surface area contributed by atoms with E-state index in [0.717, 1.165) is 5.57 Å². The summed E-state index contributed by atoms with van der Waals surface area (Å²) in [6.07, 6.45) is 5.69. The summed E-state index contributed by atoms with van der Waals surface area (Å²) < 4.78 is 12.5. The van der Waals surface area contributed by atoms with Gasteiger partial charge in [0.05, 0.1) is 0 Å². The van der Waals surface area contributed by atoms with Crippen LogP contribution in [0.4, 0.5) is 4.39 Å². The van der Waals surface area contributed by atoms with Gasteiger partial charge in [0, 0.05) is 0 Å². The highest BCUT2D eigenvalue weighted by Gasteiger charge is 1.85. The van der Waals surface area contributed by atoms with Crippen molar-refractivity contribution < 1.29 is 4.39 Å². The number of rotatable bonds is 3. The van der Waals surface area contributed by atoms with E-state index in [0.29, 0.717) is 0 Å². The van der Waals surface area contributed by atoms with Crippen LogP contribution in [0.1, 0.15) is 6.92 Å². The van der Waals surface area contributed by atoms with E-state index in [2.05, 4.69) is 13.2 Å². The van der Waals surface area contributed by atoms with Gasteiger partial charge >= 0.3 is 0 Å². The molecule has 0 spiro atoms. The normalized spacial score (nSPS) is 13.0. The van der Waals surface area contributed by atoms with Crippen LogP contribution in [0.15, 0.2) is 48.9 Å². The van der Waals surface area contributed by atoms with Crippen molar-refractivity contribution in [1.29, 1.82) is 0 Å². The van der Waals surface area contributed by atoms with E-state index in [1.54, 1.807) is 13.0 Å². The molecular formula is C9H11F. The zero-order valence-corrected chi connectivity index (χ0v) is 6.10. The Morgan fingerprint density at radius 2 is 2.00 bits per heavy atom. The fraction of sp³-hybridized carbons (Fsp3) is 0.111. The van der Waals surface area contributed by atoms with Gasteiger partial charge in [0.1, 0.15) is 5.83 Å². The van der Waals surface area contributed by atoms with Crippen LogP contribution in [0.5, 0.6) is 0 Å². The first-order valence-corrected chi connectivity index (χ1v) is 2.99. The van der Waals surface area contributed by atoms with Crippen molar-refractivity contribution >= 4 is 0 Å². The van der Waals surface area contributed by atoms with Crippen molar-refractivity contribution in [2.24, 2.45) is 0 Å². The predicted octanol–water partition coefficient (Wildman–Crippen LogP) is 3.16. The maximum Gasteiger partial charge on any atom is 0.123 e. The average molecular weight is 138 g/mol. The molecule has 0 atom stereocenters. The molecule has 0 aliphatic carbocycles. The maximum absolute atomic E-state index is 12.5. The van der Waals surface area contributed by atoms with E-state index in [-0.39, 0.29) is 5.83 Å². The smallest absolute Gasteiger partial charge is 0.123 e. The molecular weight excluding hydrogens is 127 g/mol. The van der Waals surface area contributed by atoms with Gasteiger partial charge in [-0.15, -0.1) is 0 Å². The Morgan fingerprint density at radius 1 is 1.40 bits per heavy atom. The van der Waals surface area contributed by atoms with Crippen LogP contribution in [-0.2, 0) is 0 Å². The minimum absolute atomic E-state index is 0.299. The summed E-state index contributed by atoms with van der Waals surface area (Å²) in [5.41, 5.74) is 0.801. The van der Waals surface area contributed by atoms with E-state index >= 15 is 0 Å². The fourth-order valence-corrected chi connectivity index (χ4v) is 0.437. The second-order valence-corrected chi connectivity index (χ2v) is 1.88. The Morgan fingerprint density at radius 3 is 2.40 bits per heavy atom. The van der Waals surface area contributed by atoms with Crippen LogP contribution in [0.2, 0.25) is 0 Å². The molecule has 0 aromatic heterocycles. The monoisotopic (exact) mass is 138 g/mol. The molecule has 0 unspecified atom stereocenters. The van der Waals surface area contributed by atoms with Gasteiger partial charge in [-0.25, -0.2) is 4.39 Å². The lowest BCUT2D eigenvalue weighted by Crippen LogP contribution is -1.68. The Balaban J connectivity index is 4.24. The molecule has 0 aromatic carbocycles. The standard InChI is InChI=1S/C9H11F/c1-4-6-9(10)7-8(3)5-2/h4-7H,1-2H2,3H3/b8-7-,9-6+. The molecule has 10 heavy (non-hydrogen) atoms. The number of halogens is 1. The van der Waals surface area contributed by atoms with Crippen LogP contribution in [0.3, 0.4) is 0 Å². The summed E-state index contributed by atoms with van der Waals surface area (Å²) >= 11 is 0. The Kier molecular flexibility index (Phi) is 4.21. The summed E-state index contributed by atoms with van der Waals surface area (Å²) in [6, 6.07) is 0. The third-order valence-corrected chi connectivity index (χ3v) is 0.965. The molecule has 0 saturated carbocycles. The van der Waals surface area contributed by atoms with E-state index in [4.69, 9.17) is 0 Å². The summed E-state index contributed by atoms with van der Waals surface area (Å²) in [6.45, 7) is 8.63. The highest BCUT2D eigenvalue weighted by molar-refractivity contribution is 5.25. The van der Waals surface area contributed by atoms with Gasteiger partial charge in [-0.2, -0.15) is 0 Å². The highest BCUT2D eigenvalue weighted by Crippen LogP contribution is 2.03. The van der Waals surface area contributed by atoms with E-state index in [1.807, 2.05) is 0 Å². The van der Waals surface area contributed by atoms with Crippen LogP contribution < -0.4 is 0 Å². The Hall–Kier alpha value is -1.11. The van der Waals surface area contributed by atoms with Gasteiger partial charge < -0.3 is 0 Å². The highest BCUT2D eigenvalue weighted by atomic mass is 19.1. The van der Waals surface area contributed by atoms with Crippen molar-refractivity contribution in [3.8, 4) is 0 Å². The van der Waals surface area contributed by atoms with E-state index in [9.17, 15) is 4.39 Å². The van der Waals surface area contributed by atoms with Crippen molar-refractivity contribution in [3.63, 3.8) is 0 Å². The molecule has 0 fully saturated rings. The number of hydrogen-bond acceptors (Lipinski definition) is 0. The topological polar surface area (TPSA) is 0 Å².